The number of nitrogens with one attached hydrogen (secondary N) is 1. The van der Waals surface area contributed by atoms with E-state index >= 15 is 0 Å². The zero-order chi connectivity index (χ0) is 16.2. The number of halogens is 1. The van der Waals surface area contributed by atoms with E-state index < -0.39 is 9.84 Å². The van der Waals surface area contributed by atoms with Gasteiger partial charge in [0.1, 0.15) is 14.3 Å². The molecule has 1 aromatic rings. The maximum Gasteiger partial charge on any atom is 0.283 e. The summed E-state index contributed by atoms with van der Waals surface area (Å²) in [7, 11) is 0.759. The number of likely N-dealkylation sites (N-methyl/N-ethyl adjacent to an activating group) is 1. The van der Waals surface area contributed by atoms with Gasteiger partial charge in [0.05, 0.1) is 24.2 Å². The van der Waals surface area contributed by atoms with Crippen molar-refractivity contribution in [2.45, 2.75) is 19.5 Å². The van der Waals surface area contributed by atoms with Crippen molar-refractivity contribution < 1.29 is 8.42 Å². The third-order valence-electron chi connectivity index (χ3n) is 2.70. The molecule has 0 aliphatic heterocycles. The Kier molecular flexibility index (Phi) is 6.36. The molecule has 0 spiro atoms. The summed E-state index contributed by atoms with van der Waals surface area (Å²) in [4.78, 5) is 14.1. The molecule has 0 aliphatic carbocycles. The molecule has 0 amide bonds. The lowest BCUT2D eigenvalue weighted by Gasteiger charge is -2.16. The van der Waals surface area contributed by atoms with Crippen LogP contribution in [0, 0.1) is 0 Å². The Morgan fingerprint density at radius 1 is 1.48 bits per heavy atom. The van der Waals surface area contributed by atoms with Crippen molar-refractivity contribution in [2.75, 3.05) is 38.0 Å². The van der Waals surface area contributed by atoms with Crippen molar-refractivity contribution in [1.29, 1.82) is 0 Å². The summed E-state index contributed by atoms with van der Waals surface area (Å²) in [5, 5.41) is 7.08. The number of anilines is 1. The average Bonchev–Trinajstić information content (AvgIpc) is 2.31. The van der Waals surface area contributed by atoms with Crippen LogP contribution < -0.4 is 10.9 Å². The van der Waals surface area contributed by atoms with E-state index in [1.54, 1.807) is 6.92 Å². The third kappa shape index (κ3) is 6.15. The summed E-state index contributed by atoms with van der Waals surface area (Å²) < 4.78 is 24.2. The van der Waals surface area contributed by atoms with Crippen LogP contribution in [0.15, 0.2) is 15.5 Å². The van der Waals surface area contributed by atoms with Crippen molar-refractivity contribution in [3.8, 4) is 0 Å². The SMILES string of the molecule is CC(CS(C)(=O)=O)Nc1cnn(CCN(C)C)c(=O)c1Br. The Labute approximate surface area is 133 Å². The van der Waals surface area contributed by atoms with Crippen LogP contribution in [0.1, 0.15) is 6.92 Å². The molecule has 0 bridgehead atoms. The lowest BCUT2D eigenvalue weighted by Crippen LogP contribution is -2.31. The fourth-order valence-corrected chi connectivity index (χ4v) is 3.19. The number of rotatable bonds is 7. The normalized spacial score (nSPS) is 13.4. The van der Waals surface area contributed by atoms with Crippen LogP contribution in [0.5, 0.6) is 0 Å². The number of nitrogens with zero attached hydrogens (tertiary/aromatic N) is 3. The van der Waals surface area contributed by atoms with Gasteiger partial charge in [0, 0.05) is 18.8 Å². The van der Waals surface area contributed by atoms with Crippen molar-refractivity contribution in [2.24, 2.45) is 0 Å². The first-order valence-corrected chi connectivity index (χ1v) is 9.30. The maximum atomic E-state index is 12.1. The van der Waals surface area contributed by atoms with E-state index in [4.69, 9.17) is 0 Å². The smallest absolute Gasteiger partial charge is 0.283 e. The molecule has 1 unspecified atom stereocenters. The predicted octanol–water partition coefficient (Wildman–Crippen LogP) is 0.412. The minimum Gasteiger partial charge on any atom is -0.379 e. The predicted molar refractivity (Wildman–Crippen MR) is 87.5 cm³/mol. The van der Waals surface area contributed by atoms with E-state index in [2.05, 4.69) is 26.3 Å². The van der Waals surface area contributed by atoms with Crippen molar-refractivity contribution in [1.82, 2.24) is 14.7 Å². The van der Waals surface area contributed by atoms with Gasteiger partial charge in [-0.2, -0.15) is 5.10 Å². The first-order valence-electron chi connectivity index (χ1n) is 6.45. The van der Waals surface area contributed by atoms with E-state index in [0.29, 0.717) is 23.2 Å². The van der Waals surface area contributed by atoms with Crippen molar-refractivity contribution in [3.05, 3.63) is 21.0 Å². The van der Waals surface area contributed by atoms with Crippen molar-refractivity contribution in [3.63, 3.8) is 0 Å². The summed E-state index contributed by atoms with van der Waals surface area (Å²) in [5.74, 6) is -0.0108. The highest BCUT2D eigenvalue weighted by atomic mass is 79.9. The van der Waals surface area contributed by atoms with E-state index in [1.807, 2.05) is 19.0 Å². The highest BCUT2D eigenvalue weighted by molar-refractivity contribution is 9.10. The summed E-state index contributed by atoms with van der Waals surface area (Å²) in [6, 6.07) is -0.310. The quantitative estimate of drug-likeness (QED) is 0.737. The molecule has 0 saturated carbocycles. The minimum absolute atomic E-state index is 0.0108. The standard InChI is InChI=1S/C12H21BrN4O3S/c1-9(8-21(4,19)20)15-10-7-14-17(6-5-16(2)3)12(18)11(10)13/h7,9,15H,5-6,8H2,1-4H3. The third-order valence-corrected chi connectivity index (χ3v) is 4.57. The van der Waals surface area contributed by atoms with Gasteiger partial charge in [-0.05, 0) is 36.9 Å². The molecule has 21 heavy (non-hydrogen) atoms. The van der Waals surface area contributed by atoms with Gasteiger partial charge in [0.2, 0.25) is 0 Å². The highest BCUT2D eigenvalue weighted by Gasteiger charge is 2.14. The van der Waals surface area contributed by atoms with Crippen LogP contribution in [-0.4, -0.2) is 61.8 Å². The molecule has 1 aromatic heterocycles. The molecule has 7 nitrogen and oxygen atoms in total. The Morgan fingerprint density at radius 2 is 2.10 bits per heavy atom. The van der Waals surface area contributed by atoms with Gasteiger partial charge in [-0.25, -0.2) is 13.1 Å². The fourth-order valence-electron chi connectivity index (χ4n) is 1.78. The number of sulfone groups is 1. The second-order valence-electron chi connectivity index (χ2n) is 5.34. The van der Waals surface area contributed by atoms with E-state index in [0.717, 1.165) is 0 Å². The zero-order valence-corrected chi connectivity index (χ0v) is 15.0. The molecule has 9 heteroatoms. The molecular formula is C12H21BrN4O3S. The molecule has 0 saturated heterocycles. The number of aromatic nitrogens is 2. The number of hydrogen-bond donors (Lipinski definition) is 1. The fraction of sp³-hybridized carbons (Fsp3) is 0.667. The van der Waals surface area contributed by atoms with Crippen LogP contribution in [0.3, 0.4) is 0 Å². The van der Waals surface area contributed by atoms with Crippen LogP contribution in [0.4, 0.5) is 5.69 Å². The monoisotopic (exact) mass is 380 g/mol. The van der Waals surface area contributed by atoms with Gasteiger partial charge in [-0.1, -0.05) is 0 Å². The summed E-state index contributed by atoms with van der Waals surface area (Å²) in [6.07, 6.45) is 2.71. The first-order chi connectivity index (χ1) is 9.60. The molecule has 1 rings (SSSR count). The van der Waals surface area contributed by atoms with Gasteiger partial charge in [-0.15, -0.1) is 0 Å². The molecule has 0 aromatic carbocycles. The molecule has 0 radical (unpaired) electrons. The second-order valence-corrected chi connectivity index (χ2v) is 8.32. The molecule has 1 heterocycles. The lowest BCUT2D eigenvalue weighted by atomic mass is 10.3. The topological polar surface area (TPSA) is 84.3 Å². The molecule has 0 aliphatic rings. The summed E-state index contributed by atoms with van der Waals surface area (Å²) in [6.45, 7) is 2.94. The van der Waals surface area contributed by atoms with Gasteiger partial charge < -0.3 is 10.2 Å². The number of hydrogen-bond acceptors (Lipinski definition) is 6. The Hall–Kier alpha value is -0.930. The van der Waals surface area contributed by atoms with Gasteiger partial charge >= 0.3 is 0 Å². The van der Waals surface area contributed by atoms with Crippen LogP contribution in [-0.2, 0) is 16.4 Å². The maximum absolute atomic E-state index is 12.1. The van der Waals surface area contributed by atoms with Gasteiger partial charge in [-0.3, -0.25) is 4.79 Å². The van der Waals surface area contributed by atoms with Crippen LogP contribution >= 0.6 is 15.9 Å². The molecule has 1 atom stereocenters. The second kappa shape index (κ2) is 7.37. The van der Waals surface area contributed by atoms with Crippen LogP contribution in [0.25, 0.3) is 0 Å². The Morgan fingerprint density at radius 3 is 2.62 bits per heavy atom. The van der Waals surface area contributed by atoms with Crippen molar-refractivity contribution >= 4 is 31.5 Å². The first kappa shape index (κ1) is 18.1. The minimum atomic E-state index is -3.08. The average molecular weight is 381 g/mol. The zero-order valence-electron chi connectivity index (χ0n) is 12.6. The van der Waals surface area contributed by atoms with E-state index in [1.165, 1.54) is 17.1 Å². The molecule has 1 N–H and O–H groups in total. The Balaban J connectivity index is 2.87. The summed E-state index contributed by atoms with van der Waals surface area (Å²) in [5.41, 5.74) is 0.255. The molecule has 0 fully saturated rings. The lowest BCUT2D eigenvalue weighted by molar-refractivity contribution is 0.367. The van der Waals surface area contributed by atoms with E-state index in [-0.39, 0.29) is 17.4 Å². The van der Waals surface area contributed by atoms with E-state index in [9.17, 15) is 13.2 Å². The highest BCUT2D eigenvalue weighted by Crippen LogP contribution is 2.17. The largest absolute Gasteiger partial charge is 0.379 e. The van der Waals surface area contributed by atoms with Crippen LogP contribution in [0.2, 0.25) is 0 Å². The van der Waals surface area contributed by atoms with Gasteiger partial charge in [0.15, 0.2) is 0 Å². The Bertz CT molecular complexity index is 642. The molecular weight excluding hydrogens is 360 g/mol. The summed E-state index contributed by atoms with van der Waals surface area (Å²) >= 11 is 3.25. The molecule has 120 valence electrons. The van der Waals surface area contributed by atoms with Gasteiger partial charge in [0.25, 0.3) is 5.56 Å².